The molecule has 1 saturated heterocycles. The number of hydrogen-bond acceptors (Lipinski definition) is 11. The van der Waals surface area contributed by atoms with Crippen LogP contribution in [0.1, 0.15) is 19.8 Å². The highest BCUT2D eigenvalue weighted by molar-refractivity contribution is 5.78. The predicted octanol–water partition coefficient (Wildman–Crippen LogP) is -1.57. The van der Waals surface area contributed by atoms with Crippen LogP contribution in [0.4, 0.5) is 0 Å². The van der Waals surface area contributed by atoms with Crippen molar-refractivity contribution in [3.05, 3.63) is 0 Å². The number of carbonyl (C=O) groups is 4. The molecule has 238 valence electrons. The summed E-state index contributed by atoms with van der Waals surface area (Å²) in [6.45, 7) is 8.00. The minimum absolute atomic E-state index is 0.0851. The Hall–Kier alpha value is -2.40. The summed E-state index contributed by atoms with van der Waals surface area (Å²) in [6.07, 6.45) is 1.61. The van der Waals surface area contributed by atoms with Gasteiger partial charge in [0.25, 0.3) is 0 Å². The van der Waals surface area contributed by atoms with E-state index in [-0.39, 0.29) is 32.1 Å². The molecule has 0 aromatic carbocycles. The number of rotatable bonds is 20. The van der Waals surface area contributed by atoms with E-state index in [1.54, 1.807) is 14.7 Å². The van der Waals surface area contributed by atoms with Crippen molar-refractivity contribution >= 4 is 23.8 Å². The molecule has 15 nitrogen and oxygen atoms in total. The van der Waals surface area contributed by atoms with Crippen LogP contribution in [0.5, 0.6) is 0 Å². The van der Waals surface area contributed by atoms with Crippen LogP contribution >= 0.6 is 0 Å². The number of carboxylic acid groups (broad SMARTS) is 3. The fraction of sp³-hybridized carbons (Fsp3) is 0.846. The van der Waals surface area contributed by atoms with Crippen LogP contribution in [-0.4, -0.2) is 183 Å². The minimum atomic E-state index is -1.01. The van der Waals surface area contributed by atoms with Crippen LogP contribution in [0.2, 0.25) is 0 Å². The molecule has 15 heteroatoms. The molecule has 1 aliphatic rings. The molecule has 0 bridgehead atoms. The van der Waals surface area contributed by atoms with E-state index in [1.807, 2.05) is 11.8 Å². The summed E-state index contributed by atoms with van der Waals surface area (Å²) in [5.74, 6) is -3.18. The molecule has 0 saturated carbocycles. The van der Waals surface area contributed by atoms with Gasteiger partial charge in [0.2, 0.25) is 5.91 Å². The zero-order valence-corrected chi connectivity index (χ0v) is 24.3. The standard InChI is InChI=1S/C26H49N5O10/c1-2-13-39-15-17-41-18-16-40-14-3-4-27-23(32)19-28-5-7-29(20-24(33)34)9-11-31(22-26(37)38)12-10-30(8-6-28)21-25(35)36/h2-22H2,1H3,(H,27,32)(H,33,34)(H,35,36)(H,37,38). The van der Waals surface area contributed by atoms with Crippen molar-refractivity contribution in [1.29, 1.82) is 0 Å². The largest absolute Gasteiger partial charge is 0.480 e. The Kier molecular flexibility index (Phi) is 20.7. The number of aliphatic carboxylic acids is 3. The van der Waals surface area contributed by atoms with Crippen molar-refractivity contribution in [2.24, 2.45) is 0 Å². The summed E-state index contributed by atoms with van der Waals surface area (Å²) < 4.78 is 16.3. The fourth-order valence-corrected chi connectivity index (χ4v) is 4.13. The summed E-state index contributed by atoms with van der Waals surface area (Å²) in [5.41, 5.74) is 0. The third-order valence-electron chi connectivity index (χ3n) is 6.25. The highest BCUT2D eigenvalue weighted by atomic mass is 16.5. The van der Waals surface area contributed by atoms with E-state index in [0.717, 1.165) is 13.0 Å². The number of carboxylic acids is 3. The molecular formula is C26H49N5O10. The van der Waals surface area contributed by atoms with E-state index >= 15 is 0 Å². The Morgan fingerprint density at radius 1 is 0.561 bits per heavy atom. The maximum absolute atomic E-state index is 12.6. The van der Waals surface area contributed by atoms with E-state index in [9.17, 15) is 34.5 Å². The van der Waals surface area contributed by atoms with Crippen molar-refractivity contribution in [3.8, 4) is 0 Å². The van der Waals surface area contributed by atoms with E-state index in [1.165, 1.54) is 0 Å². The van der Waals surface area contributed by atoms with Gasteiger partial charge in [0, 0.05) is 72.1 Å². The normalized spacial score (nSPS) is 17.0. The smallest absolute Gasteiger partial charge is 0.317 e. The van der Waals surface area contributed by atoms with Crippen LogP contribution < -0.4 is 5.32 Å². The third kappa shape index (κ3) is 21.0. The molecule has 0 aromatic heterocycles. The maximum atomic E-state index is 12.6. The van der Waals surface area contributed by atoms with Crippen molar-refractivity contribution in [2.75, 3.05) is 125 Å². The zero-order valence-electron chi connectivity index (χ0n) is 24.3. The Morgan fingerprint density at radius 3 is 1.27 bits per heavy atom. The molecule has 1 amide bonds. The first-order valence-electron chi connectivity index (χ1n) is 14.2. The van der Waals surface area contributed by atoms with Crippen molar-refractivity contribution in [3.63, 3.8) is 0 Å². The lowest BCUT2D eigenvalue weighted by Crippen LogP contribution is -2.49. The highest BCUT2D eigenvalue weighted by Crippen LogP contribution is 2.01. The van der Waals surface area contributed by atoms with Gasteiger partial charge in [-0.1, -0.05) is 6.92 Å². The van der Waals surface area contributed by atoms with Gasteiger partial charge in [-0.15, -0.1) is 0 Å². The molecule has 41 heavy (non-hydrogen) atoms. The maximum Gasteiger partial charge on any atom is 0.317 e. The number of nitrogens with zero attached hydrogens (tertiary/aromatic N) is 4. The molecule has 0 aromatic rings. The van der Waals surface area contributed by atoms with Crippen molar-refractivity contribution in [1.82, 2.24) is 24.9 Å². The molecule has 1 fully saturated rings. The Bertz CT molecular complexity index is 728. The van der Waals surface area contributed by atoms with Gasteiger partial charge < -0.3 is 34.8 Å². The first kappa shape index (κ1) is 36.6. The Morgan fingerprint density at radius 2 is 0.902 bits per heavy atom. The second-order valence-electron chi connectivity index (χ2n) is 9.83. The van der Waals surface area contributed by atoms with Crippen molar-refractivity contribution in [2.45, 2.75) is 19.8 Å². The lowest BCUT2D eigenvalue weighted by Gasteiger charge is -2.32. The summed E-state index contributed by atoms with van der Waals surface area (Å²) in [5, 5.41) is 30.8. The lowest BCUT2D eigenvalue weighted by atomic mass is 10.3. The van der Waals surface area contributed by atoms with Crippen LogP contribution in [0.15, 0.2) is 0 Å². The molecule has 1 rings (SSSR count). The van der Waals surface area contributed by atoms with Crippen molar-refractivity contribution < 1.29 is 48.7 Å². The summed E-state index contributed by atoms with van der Waals surface area (Å²) in [7, 11) is 0. The first-order valence-corrected chi connectivity index (χ1v) is 14.2. The topological polar surface area (TPSA) is 182 Å². The summed E-state index contributed by atoms with van der Waals surface area (Å²) in [6, 6.07) is 0. The molecule has 0 spiro atoms. The zero-order chi connectivity index (χ0) is 30.3. The molecule has 4 N–H and O–H groups in total. The van der Waals surface area contributed by atoms with Gasteiger partial charge >= 0.3 is 17.9 Å². The molecule has 1 heterocycles. The second kappa shape index (κ2) is 23.2. The predicted molar refractivity (Wildman–Crippen MR) is 149 cm³/mol. The van der Waals surface area contributed by atoms with Crippen LogP contribution in [-0.2, 0) is 33.4 Å². The Balaban J connectivity index is 2.53. The molecule has 0 atom stereocenters. The number of ether oxygens (including phenoxy) is 3. The molecule has 0 unspecified atom stereocenters. The fourth-order valence-electron chi connectivity index (χ4n) is 4.13. The number of carbonyl (C=O) groups excluding carboxylic acids is 1. The van der Waals surface area contributed by atoms with Gasteiger partial charge in [0.1, 0.15) is 0 Å². The number of amides is 1. The van der Waals surface area contributed by atoms with Gasteiger partial charge in [0.15, 0.2) is 0 Å². The Labute approximate surface area is 242 Å². The molecular weight excluding hydrogens is 542 g/mol. The highest BCUT2D eigenvalue weighted by Gasteiger charge is 2.21. The van der Waals surface area contributed by atoms with Crippen LogP contribution in [0.3, 0.4) is 0 Å². The number of hydrogen-bond donors (Lipinski definition) is 4. The van der Waals surface area contributed by atoms with Gasteiger partial charge in [-0.2, -0.15) is 0 Å². The summed E-state index contributed by atoms with van der Waals surface area (Å²) in [4.78, 5) is 53.7. The van der Waals surface area contributed by atoms with Gasteiger partial charge in [-0.25, -0.2) is 0 Å². The molecule has 0 radical (unpaired) electrons. The second-order valence-corrected chi connectivity index (χ2v) is 9.83. The third-order valence-corrected chi connectivity index (χ3v) is 6.25. The lowest BCUT2D eigenvalue weighted by molar-refractivity contribution is -0.140. The minimum Gasteiger partial charge on any atom is -0.480 e. The van der Waals surface area contributed by atoms with E-state index in [0.29, 0.717) is 98.4 Å². The first-order chi connectivity index (χ1) is 19.7. The molecule has 1 aliphatic heterocycles. The van der Waals surface area contributed by atoms with Crippen LogP contribution in [0.25, 0.3) is 0 Å². The summed E-state index contributed by atoms with van der Waals surface area (Å²) >= 11 is 0. The van der Waals surface area contributed by atoms with Crippen LogP contribution in [0, 0.1) is 0 Å². The van der Waals surface area contributed by atoms with E-state index in [2.05, 4.69) is 5.32 Å². The van der Waals surface area contributed by atoms with E-state index in [4.69, 9.17) is 14.2 Å². The van der Waals surface area contributed by atoms with Gasteiger partial charge in [0.05, 0.1) is 52.6 Å². The average Bonchev–Trinajstić information content (AvgIpc) is 2.90. The molecule has 0 aliphatic carbocycles. The monoisotopic (exact) mass is 591 g/mol. The van der Waals surface area contributed by atoms with E-state index < -0.39 is 17.9 Å². The quantitative estimate of drug-likeness (QED) is 0.119. The number of nitrogens with one attached hydrogen (secondary N) is 1. The van der Waals surface area contributed by atoms with Gasteiger partial charge in [-0.05, 0) is 12.8 Å². The SMILES string of the molecule is CCCOCCOCCOCCCNC(=O)CN1CCN(CC(=O)O)CCN(CC(=O)O)CCN(CC(=O)O)CC1. The van der Waals surface area contributed by atoms with Gasteiger partial charge in [-0.3, -0.25) is 38.8 Å². The average molecular weight is 592 g/mol.